The number of aryl methyl sites for hydroxylation is 1. The second kappa shape index (κ2) is 7.54. The van der Waals surface area contributed by atoms with Crippen molar-refractivity contribution in [2.45, 2.75) is 24.7 Å². The van der Waals surface area contributed by atoms with Crippen molar-refractivity contribution < 1.29 is 17.5 Å². The van der Waals surface area contributed by atoms with E-state index in [0.29, 0.717) is 37.4 Å². The maximum atomic E-state index is 13.6. The molecule has 6 heteroatoms. The number of rotatable bonds is 5. The van der Waals surface area contributed by atoms with E-state index in [-0.39, 0.29) is 17.5 Å². The molecule has 0 N–H and O–H groups in total. The number of piperidine rings is 1. The van der Waals surface area contributed by atoms with Gasteiger partial charge in [0.1, 0.15) is 0 Å². The zero-order valence-corrected chi connectivity index (χ0v) is 15.0. The molecule has 2 aromatic carbocycles. The van der Waals surface area contributed by atoms with E-state index in [1.54, 1.807) is 36.4 Å². The van der Waals surface area contributed by atoms with Crippen LogP contribution in [0.5, 0.6) is 5.75 Å². The SMILES string of the molecule is Cc1cccc(S(=O)(=O)N2CCC(COc3ccccc3F)CC2)c1. The molecule has 25 heavy (non-hydrogen) atoms. The van der Waals surface area contributed by atoms with Gasteiger partial charge in [0.25, 0.3) is 0 Å². The van der Waals surface area contributed by atoms with Gasteiger partial charge in [0.05, 0.1) is 11.5 Å². The van der Waals surface area contributed by atoms with E-state index in [9.17, 15) is 12.8 Å². The Morgan fingerprint density at radius 3 is 2.52 bits per heavy atom. The van der Waals surface area contributed by atoms with E-state index in [1.165, 1.54) is 10.4 Å². The van der Waals surface area contributed by atoms with Crippen LogP contribution in [-0.4, -0.2) is 32.4 Å². The summed E-state index contributed by atoms with van der Waals surface area (Å²) in [4.78, 5) is 0.341. The predicted octanol–water partition coefficient (Wildman–Crippen LogP) is 3.61. The average molecular weight is 363 g/mol. The third-order valence-electron chi connectivity index (χ3n) is 4.51. The predicted molar refractivity (Wildman–Crippen MR) is 94.6 cm³/mol. The largest absolute Gasteiger partial charge is 0.490 e. The zero-order valence-electron chi connectivity index (χ0n) is 14.2. The third-order valence-corrected chi connectivity index (χ3v) is 6.41. The van der Waals surface area contributed by atoms with Gasteiger partial charge in [0, 0.05) is 13.1 Å². The first-order valence-electron chi connectivity index (χ1n) is 8.41. The number of sulfonamides is 1. The molecule has 3 rings (SSSR count). The molecule has 0 bridgehead atoms. The van der Waals surface area contributed by atoms with Crippen molar-refractivity contribution in [3.8, 4) is 5.75 Å². The fraction of sp³-hybridized carbons (Fsp3) is 0.368. The summed E-state index contributed by atoms with van der Waals surface area (Å²) in [7, 11) is -3.45. The van der Waals surface area contributed by atoms with Crippen LogP contribution in [0, 0.1) is 18.7 Å². The number of para-hydroxylation sites is 1. The average Bonchev–Trinajstić information content (AvgIpc) is 2.61. The number of hydrogen-bond acceptors (Lipinski definition) is 3. The first-order chi connectivity index (χ1) is 12.0. The van der Waals surface area contributed by atoms with Crippen LogP contribution in [0.25, 0.3) is 0 Å². The van der Waals surface area contributed by atoms with Crippen LogP contribution in [0.15, 0.2) is 53.4 Å². The molecule has 1 aliphatic heterocycles. The lowest BCUT2D eigenvalue weighted by Gasteiger charge is -2.31. The number of ether oxygens (including phenoxy) is 1. The summed E-state index contributed by atoms with van der Waals surface area (Å²) < 4.78 is 46.1. The summed E-state index contributed by atoms with van der Waals surface area (Å²) in [5.41, 5.74) is 0.925. The highest BCUT2D eigenvalue weighted by atomic mass is 32.2. The smallest absolute Gasteiger partial charge is 0.243 e. The molecule has 0 aromatic heterocycles. The molecule has 0 radical (unpaired) electrons. The highest BCUT2D eigenvalue weighted by Crippen LogP contribution is 2.25. The van der Waals surface area contributed by atoms with Crippen molar-refractivity contribution in [1.82, 2.24) is 4.31 Å². The standard InChI is InChI=1S/C19H22FNO3S/c1-15-5-4-6-17(13-15)25(22,23)21-11-9-16(10-12-21)14-24-19-8-3-2-7-18(19)20/h2-8,13,16H,9-12,14H2,1H3. The fourth-order valence-corrected chi connectivity index (χ4v) is 4.59. The Morgan fingerprint density at radius 2 is 1.84 bits per heavy atom. The molecule has 1 fully saturated rings. The first kappa shape index (κ1) is 17.9. The molecular weight excluding hydrogens is 341 g/mol. The van der Waals surface area contributed by atoms with E-state index in [1.807, 2.05) is 13.0 Å². The van der Waals surface area contributed by atoms with Crippen molar-refractivity contribution >= 4 is 10.0 Å². The van der Waals surface area contributed by atoms with Gasteiger partial charge >= 0.3 is 0 Å². The van der Waals surface area contributed by atoms with Crippen molar-refractivity contribution in [1.29, 1.82) is 0 Å². The van der Waals surface area contributed by atoms with Crippen LogP contribution >= 0.6 is 0 Å². The van der Waals surface area contributed by atoms with E-state index < -0.39 is 10.0 Å². The molecule has 0 atom stereocenters. The van der Waals surface area contributed by atoms with E-state index in [4.69, 9.17) is 4.74 Å². The minimum absolute atomic E-state index is 0.226. The summed E-state index contributed by atoms with van der Waals surface area (Å²) in [5.74, 6) is 0.0999. The molecule has 0 amide bonds. The molecule has 2 aromatic rings. The lowest BCUT2D eigenvalue weighted by Crippen LogP contribution is -2.39. The molecular formula is C19H22FNO3S. The number of nitrogens with zero attached hydrogens (tertiary/aromatic N) is 1. The van der Waals surface area contributed by atoms with Gasteiger partial charge in [-0.15, -0.1) is 0 Å². The van der Waals surface area contributed by atoms with Gasteiger partial charge in [-0.3, -0.25) is 0 Å². The van der Waals surface area contributed by atoms with Crippen LogP contribution in [-0.2, 0) is 10.0 Å². The normalized spacial score (nSPS) is 16.7. The Labute approximate surface area is 148 Å². The first-order valence-corrected chi connectivity index (χ1v) is 9.85. The lowest BCUT2D eigenvalue weighted by molar-refractivity contribution is 0.181. The van der Waals surface area contributed by atoms with Gasteiger partial charge < -0.3 is 4.74 Å². The molecule has 1 aliphatic rings. The van der Waals surface area contributed by atoms with Crippen molar-refractivity contribution in [3.05, 3.63) is 59.9 Å². The van der Waals surface area contributed by atoms with Crippen molar-refractivity contribution in [3.63, 3.8) is 0 Å². The third kappa shape index (κ3) is 4.19. The van der Waals surface area contributed by atoms with E-state index in [0.717, 1.165) is 5.56 Å². The molecule has 134 valence electrons. The minimum atomic E-state index is -3.45. The Balaban J connectivity index is 1.57. The molecule has 0 aliphatic carbocycles. The topological polar surface area (TPSA) is 46.6 Å². The molecule has 0 saturated carbocycles. The molecule has 4 nitrogen and oxygen atoms in total. The van der Waals surface area contributed by atoms with Crippen molar-refractivity contribution in [2.24, 2.45) is 5.92 Å². The summed E-state index contributed by atoms with van der Waals surface area (Å²) in [6.45, 7) is 3.20. The Kier molecular flexibility index (Phi) is 5.39. The molecule has 0 spiro atoms. The Hall–Kier alpha value is -1.92. The summed E-state index contributed by atoms with van der Waals surface area (Å²) in [5, 5.41) is 0. The van der Waals surface area contributed by atoms with Crippen LogP contribution in [0.1, 0.15) is 18.4 Å². The van der Waals surface area contributed by atoms with Crippen LogP contribution in [0.3, 0.4) is 0 Å². The second-order valence-electron chi connectivity index (χ2n) is 6.41. The van der Waals surface area contributed by atoms with Gasteiger partial charge in [-0.1, -0.05) is 24.3 Å². The van der Waals surface area contributed by atoms with Gasteiger partial charge in [-0.2, -0.15) is 4.31 Å². The summed E-state index contributed by atoms with van der Waals surface area (Å²) in [6.07, 6.45) is 1.42. The van der Waals surface area contributed by atoms with E-state index in [2.05, 4.69) is 0 Å². The summed E-state index contributed by atoms with van der Waals surface area (Å²) in [6, 6.07) is 13.3. The van der Waals surface area contributed by atoms with Gasteiger partial charge in [0.2, 0.25) is 10.0 Å². The van der Waals surface area contributed by atoms with Gasteiger partial charge in [-0.05, 0) is 55.5 Å². The monoisotopic (exact) mass is 363 g/mol. The Bertz CT molecular complexity index is 830. The van der Waals surface area contributed by atoms with E-state index >= 15 is 0 Å². The minimum Gasteiger partial charge on any atom is -0.490 e. The number of benzene rings is 2. The number of hydrogen-bond donors (Lipinski definition) is 0. The molecule has 1 heterocycles. The van der Waals surface area contributed by atoms with Crippen LogP contribution < -0.4 is 4.74 Å². The van der Waals surface area contributed by atoms with Crippen LogP contribution in [0.2, 0.25) is 0 Å². The van der Waals surface area contributed by atoms with Gasteiger partial charge in [-0.25, -0.2) is 12.8 Å². The highest BCUT2D eigenvalue weighted by Gasteiger charge is 2.29. The lowest BCUT2D eigenvalue weighted by atomic mass is 9.99. The maximum absolute atomic E-state index is 13.6. The Morgan fingerprint density at radius 1 is 1.12 bits per heavy atom. The van der Waals surface area contributed by atoms with Crippen molar-refractivity contribution in [2.75, 3.05) is 19.7 Å². The summed E-state index contributed by atoms with van der Waals surface area (Å²) >= 11 is 0. The van der Waals surface area contributed by atoms with Gasteiger partial charge in [0.15, 0.2) is 11.6 Å². The number of halogens is 1. The fourth-order valence-electron chi connectivity index (χ4n) is 3.01. The highest BCUT2D eigenvalue weighted by molar-refractivity contribution is 7.89. The molecule has 1 saturated heterocycles. The maximum Gasteiger partial charge on any atom is 0.243 e. The molecule has 0 unspecified atom stereocenters. The quantitative estimate of drug-likeness (QED) is 0.815. The van der Waals surface area contributed by atoms with Crippen LogP contribution in [0.4, 0.5) is 4.39 Å². The zero-order chi connectivity index (χ0) is 17.9. The second-order valence-corrected chi connectivity index (χ2v) is 8.34.